The number of hydrogen-bond acceptors (Lipinski definition) is 3. The second-order valence-electron chi connectivity index (χ2n) is 5.47. The summed E-state index contributed by atoms with van der Waals surface area (Å²) < 4.78 is 6.29. The van der Waals surface area contributed by atoms with Crippen molar-refractivity contribution in [2.45, 2.75) is 19.4 Å². The quantitative estimate of drug-likeness (QED) is 0.732. The molecule has 0 fully saturated rings. The highest BCUT2D eigenvalue weighted by molar-refractivity contribution is 14.1. The summed E-state index contributed by atoms with van der Waals surface area (Å²) in [6.07, 6.45) is 3.50. The number of pyridine rings is 1. The van der Waals surface area contributed by atoms with Crippen LogP contribution in [0.3, 0.4) is 0 Å². The topological polar surface area (TPSA) is 42.4 Å². The minimum absolute atomic E-state index is 0.00135. The Morgan fingerprint density at radius 3 is 2.67 bits per heavy atom. The Balaban J connectivity index is 2.15. The van der Waals surface area contributed by atoms with Crippen LogP contribution in [0.5, 0.6) is 5.75 Å². The lowest BCUT2D eigenvalue weighted by molar-refractivity contribution is 0.0982. The number of hydrogen-bond donors (Lipinski definition) is 0. The molecule has 1 aromatic carbocycles. The van der Waals surface area contributed by atoms with Crippen molar-refractivity contribution in [2.24, 2.45) is 0 Å². The lowest BCUT2D eigenvalue weighted by Gasteiger charge is -2.32. The molecular formula is C16H15IN2O2. The second-order valence-corrected chi connectivity index (χ2v) is 6.72. The summed E-state index contributed by atoms with van der Waals surface area (Å²) in [5.41, 5.74) is 2.07. The largest absolute Gasteiger partial charge is 0.497 e. The van der Waals surface area contributed by atoms with E-state index >= 15 is 0 Å². The van der Waals surface area contributed by atoms with Gasteiger partial charge in [0.1, 0.15) is 5.75 Å². The predicted molar refractivity (Wildman–Crippen MR) is 89.8 cm³/mol. The highest BCUT2D eigenvalue weighted by Gasteiger charge is 2.44. The zero-order chi connectivity index (χ0) is 15.2. The molecule has 0 saturated carbocycles. The molecule has 2 heterocycles. The number of nitrogens with zero attached hydrogens (tertiary/aromatic N) is 2. The van der Waals surface area contributed by atoms with Crippen LogP contribution in [0.15, 0.2) is 36.7 Å². The Morgan fingerprint density at radius 1 is 1.24 bits per heavy atom. The molecule has 5 heteroatoms. The molecule has 1 aliphatic heterocycles. The Bertz CT molecular complexity index is 728. The number of carbonyl (C=O) groups excluding carboxylic acids is 1. The zero-order valence-corrected chi connectivity index (χ0v) is 14.2. The van der Waals surface area contributed by atoms with Crippen molar-refractivity contribution in [2.75, 3.05) is 12.0 Å². The molecule has 3 rings (SSSR count). The van der Waals surface area contributed by atoms with Gasteiger partial charge in [-0.2, -0.15) is 0 Å². The smallest absolute Gasteiger partial charge is 0.259 e. The number of amides is 1. The maximum Gasteiger partial charge on any atom is 0.259 e. The average molecular weight is 394 g/mol. The van der Waals surface area contributed by atoms with E-state index in [1.165, 1.54) is 0 Å². The van der Waals surface area contributed by atoms with Crippen LogP contribution in [-0.2, 0) is 5.54 Å². The van der Waals surface area contributed by atoms with Crippen molar-refractivity contribution in [3.8, 4) is 5.75 Å². The summed E-state index contributed by atoms with van der Waals surface area (Å²) >= 11 is 2.20. The van der Waals surface area contributed by atoms with Gasteiger partial charge in [-0.1, -0.05) is 0 Å². The van der Waals surface area contributed by atoms with Gasteiger partial charge in [-0.05, 0) is 66.3 Å². The van der Waals surface area contributed by atoms with Gasteiger partial charge in [-0.3, -0.25) is 14.7 Å². The van der Waals surface area contributed by atoms with Gasteiger partial charge in [0.2, 0.25) is 0 Å². The van der Waals surface area contributed by atoms with Crippen LogP contribution in [0.2, 0.25) is 0 Å². The standard InChI is InChI=1S/C16H15IN2O2/c1-16(2)14-7-12(21-3)4-5-13(14)15(20)19(16)11-6-10(17)8-18-9-11/h4-9H,1-3H3. The number of benzene rings is 1. The maximum atomic E-state index is 12.8. The SMILES string of the molecule is COc1ccc2c(c1)C(C)(C)N(c1cncc(I)c1)C2=O. The van der Waals surface area contributed by atoms with E-state index < -0.39 is 5.54 Å². The second kappa shape index (κ2) is 4.98. The lowest BCUT2D eigenvalue weighted by atomic mass is 9.93. The van der Waals surface area contributed by atoms with E-state index in [-0.39, 0.29) is 5.91 Å². The fourth-order valence-corrected chi connectivity index (χ4v) is 3.28. The first kappa shape index (κ1) is 14.3. The first-order chi connectivity index (χ1) is 9.95. The number of fused-ring (bicyclic) bond motifs is 1. The van der Waals surface area contributed by atoms with Gasteiger partial charge in [-0.15, -0.1) is 0 Å². The van der Waals surface area contributed by atoms with Gasteiger partial charge in [0, 0.05) is 15.3 Å². The van der Waals surface area contributed by atoms with E-state index in [1.807, 2.05) is 38.1 Å². The summed E-state index contributed by atoms with van der Waals surface area (Å²) in [5, 5.41) is 0. The zero-order valence-electron chi connectivity index (χ0n) is 12.1. The van der Waals surface area contributed by atoms with Crippen LogP contribution in [0, 0.1) is 3.57 Å². The third kappa shape index (κ3) is 2.19. The van der Waals surface area contributed by atoms with Crippen LogP contribution in [0.25, 0.3) is 0 Å². The van der Waals surface area contributed by atoms with Crippen molar-refractivity contribution < 1.29 is 9.53 Å². The van der Waals surface area contributed by atoms with E-state index in [0.29, 0.717) is 0 Å². The summed E-state index contributed by atoms with van der Waals surface area (Å²) in [5.74, 6) is 0.763. The fraction of sp³-hybridized carbons (Fsp3) is 0.250. The Morgan fingerprint density at radius 2 is 2.00 bits per heavy atom. The fourth-order valence-electron chi connectivity index (χ4n) is 2.80. The molecule has 2 aromatic rings. The highest BCUT2D eigenvalue weighted by atomic mass is 127. The van der Waals surface area contributed by atoms with Crippen LogP contribution < -0.4 is 9.64 Å². The molecule has 4 nitrogen and oxygen atoms in total. The van der Waals surface area contributed by atoms with Crippen LogP contribution in [-0.4, -0.2) is 18.0 Å². The van der Waals surface area contributed by atoms with Crippen LogP contribution in [0.1, 0.15) is 29.8 Å². The number of halogens is 1. The molecule has 0 N–H and O–H groups in total. The molecule has 0 spiro atoms. The summed E-state index contributed by atoms with van der Waals surface area (Å²) in [6.45, 7) is 4.08. The highest BCUT2D eigenvalue weighted by Crippen LogP contribution is 2.43. The Labute approximate surface area is 137 Å². The molecule has 0 aliphatic carbocycles. The van der Waals surface area contributed by atoms with Gasteiger partial charge in [0.05, 0.1) is 24.5 Å². The molecule has 0 radical (unpaired) electrons. The first-order valence-electron chi connectivity index (χ1n) is 6.59. The van der Waals surface area contributed by atoms with Crippen molar-refractivity contribution in [1.29, 1.82) is 0 Å². The molecule has 0 saturated heterocycles. The van der Waals surface area contributed by atoms with E-state index in [2.05, 4.69) is 27.6 Å². The molecule has 0 unspecified atom stereocenters. The third-order valence-corrected chi connectivity index (χ3v) is 4.42. The van der Waals surface area contributed by atoms with E-state index in [9.17, 15) is 4.79 Å². The number of aromatic nitrogens is 1. The summed E-state index contributed by atoms with van der Waals surface area (Å²) in [4.78, 5) is 18.8. The van der Waals surface area contributed by atoms with Gasteiger partial charge in [-0.25, -0.2) is 0 Å². The van der Waals surface area contributed by atoms with Gasteiger partial charge >= 0.3 is 0 Å². The predicted octanol–water partition coefficient (Wildman–Crippen LogP) is 3.59. The van der Waals surface area contributed by atoms with Crippen molar-refractivity contribution in [3.05, 3.63) is 51.4 Å². The molecule has 0 atom stereocenters. The van der Waals surface area contributed by atoms with Crippen LogP contribution in [0.4, 0.5) is 5.69 Å². The van der Waals surface area contributed by atoms with Crippen molar-refractivity contribution in [3.63, 3.8) is 0 Å². The Hall–Kier alpha value is -1.63. The van der Waals surface area contributed by atoms with Crippen molar-refractivity contribution in [1.82, 2.24) is 4.98 Å². The van der Waals surface area contributed by atoms with E-state index in [1.54, 1.807) is 24.4 Å². The molecule has 1 aliphatic rings. The Kier molecular flexibility index (Phi) is 3.39. The molecule has 0 bridgehead atoms. The third-order valence-electron chi connectivity index (χ3n) is 3.83. The molecule has 1 amide bonds. The molecular weight excluding hydrogens is 379 g/mol. The molecule has 108 valence electrons. The average Bonchev–Trinajstić information content (AvgIpc) is 2.65. The number of rotatable bonds is 2. The maximum absolute atomic E-state index is 12.8. The normalized spacial score (nSPS) is 16.0. The van der Waals surface area contributed by atoms with Gasteiger partial charge in [0.15, 0.2) is 0 Å². The monoisotopic (exact) mass is 394 g/mol. The first-order valence-corrected chi connectivity index (χ1v) is 7.66. The van der Waals surface area contributed by atoms with E-state index in [0.717, 1.165) is 26.1 Å². The summed E-state index contributed by atoms with van der Waals surface area (Å²) in [7, 11) is 1.63. The van der Waals surface area contributed by atoms with Crippen LogP contribution >= 0.6 is 22.6 Å². The molecule has 1 aromatic heterocycles. The number of anilines is 1. The number of methoxy groups -OCH3 is 1. The van der Waals surface area contributed by atoms with E-state index in [4.69, 9.17) is 4.74 Å². The minimum Gasteiger partial charge on any atom is -0.497 e. The number of carbonyl (C=O) groups is 1. The molecule has 21 heavy (non-hydrogen) atoms. The number of ether oxygens (including phenoxy) is 1. The lowest BCUT2D eigenvalue weighted by Crippen LogP contribution is -2.39. The van der Waals surface area contributed by atoms with Crippen molar-refractivity contribution >= 4 is 34.2 Å². The summed E-state index contributed by atoms with van der Waals surface area (Å²) in [6, 6.07) is 7.56. The minimum atomic E-state index is -0.437. The van der Waals surface area contributed by atoms with Gasteiger partial charge < -0.3 is 4.74 Å². The van der Waals surface area contributed by atoms with Gasteiger partial charge in [0.25, 0.3) is 5.91 Å².